The summed E-state index contributed by atoms with van der Waals surface area (Å²) in [7, 11) is 0. The summed E-state index contributed by atoms with van der Waals surface area (Å²) in [6.45, 7) is 4.88. The quantitative estimate of drug-likeness (QED) is 0.824. The molecule has 1 unspecified atom stereocenters. The summed E-state index contributed by atoms with van der Waals surface area (Å²) < 4.78 is 5.37. The molecule has 1 atom stereocenters. The van der Waals surface area contributed by atoms with Crippen LogP contribution >= 0.6 is 0 Å². The summed E-state index contributed by atoms with van der Waals surface area (Å²) in [6, 6.07) is 17.6. The van der Waals surface area contributed by atoms with Gasteiger partial charge in [0.15, 0.2) is 0 Å². The van der Waals surface area contributed by atoms with E-state index in [4.69, 9.17) is 4.74 Å². The lowest BCUT2D eigenvalue weighted by molar-refractivity contribution is -0.115. The van der Waals surface area contributed by atoms with Crippen molar-refractivity contribution >= 4 is 11.6 Å². The first-order chi connectivity index (χ1) is 10.7. The SMILES string of the molecule is CCOc1ccc(NC(=O)CNC(C)c2ccccc2)cc1. The van der Waals surface area contributed by atoms with Crippen LogP contribution in [0, 0.1) is 0 Å². The highest BCUT2D eigenvalue weighted by atomic mass is 16.5. The number of nitrogens with one attached hydrogen (secondary N) is 2. The van der Waals surface area contributed by atoms with E-state index in [1.54, 1.807) is 0 Å². The molecule has 0 saturated carbocycles. The smallest absolute Gasteiger partial charge is 0.238 e. The molecular weight excluding hydrogens is 276 g/mol. The third-order valence-corrected chi connectivity index (χ3v) is 3.32. The standard InChI is InChI=1S/C18H22N2O2/c1-3-22-17-11-9-16(10-12-17)20-18(21)13-19-14(2)15-7-5-4-6-8-15/h4-12,14,19H,3,13H2,1-2H3,(H,20,21). The normalized spacial score (nSPS) is 11.7. The molecule has 0 fully saturated rings. The third kappa shape index (κ3) is 4.90. The highest BCUT2D eigenvalue weighted by Gasteiger charge is 2.07. The molecule has 1 amide bonds. The Morgan fingerprint density at radius 3 is 2.41 bits per heavy atom. The zero-order chi connectivity index (χ0) is 15.8. The van der Waals surface area contributed by atoms with E-state index < -0.39 is 0 Å². The number of rotatable bonds is 7. The Morgan fingerprint density at radius 2 is 1.77 bits per heavy atom. The van der Waals surface area contributed by atoms with Crippen molar-refractivity contribution in [3.63, 3.8) is 0 Å². The Hall–Kier alpha value is -2.33. The molecule has 116 valence electrons. The lowest BCUT2D eigenvalue weighted by Crippen LogP contribution is -2.30. The summed E-state index contributed by atoms with van der Waals surface area (Å²) in [4.78, 5) is 12.0. The van der Waals surface area contributed by atoms with Gasteiger partial charge < -0.3 is 15.4 Å². The van der Waals surface area contributed by atoms with Crippen LogP contribution in [0.15, 0.2) is 54.6 Å². The summed E-state index contributed by atoms with van der Waals surface area (Å²) in [5.41, 5.74) is 1.93. The molecule has 2 N–H and O–H groups in total. The number of benzene rings is 2. The fraction of sp³-hybridized carbons (Fsp3) is 0.278. The van der Waals surface area contributed by atoms with Gasteiger partial charge in [0.25, 0.3) is 0 Å². The molecule has 2 aromatic carbocycles. The summed E-state index contributed by atoms with van der Waals surface area (Å²) >= 11 is 0. The lowest BCUT2D eigenvalue weighted by atomic mass is 10.1. The molecule has 22 heavy (non-hydrogen) atoms. The predicted octanol–water partition coefficient (Wildman–Crippen LogP) is 3.37. The van der Waals surface area contributed by atoms with E-state index in [9.17, 15) is 4.79 Å². The minimum Gasteiger partial charge on any atom is -0.494 e. The number of amides is 1. The summed E-state index contributed by atoms with van der Waals surface area (Å²) in [5.74, 6) is 0.739. The van der Waals surface area contributed by atoms with Crippen LogP contribution < -0.4 is 15.4 Å². The predicted molar refractivity (Wildman–Crippen MR) is 89.1 cm³/mol. The topological polar surface area (TPSA) is 50.4 Å². The second-order valence-electron chi connectivity index (χ2n) is 5.02. The zero-order valence-corrected chi connectivity index (χ0v) is 13.0. The first kappa shape index (κ1) is 16.0. The van der Waals surface area contributed by atoms with Crippen LogP contribution in [-0.2, 0) is 4.79 Å². The molecule has 2 aromatic rings. The second kappa shape index (κ2) is 8.20. The number of ether oxygens (including phenoxy) is 1. The van der Waals surface area contributed by atoms with Crippen LogP contribution in [-0.4, -0.2) is 19.1 Å². The van der Waals surface area contributed by atoms with Gasteiger partial charge in [-0.2, -0.15) is 0 Å². The van der Waals surface area contributed by atoms with E-state index >= 15 is 0 Å². The Morgan fingerprint density at radius 1 is 1.09 bits per heavy atom. The van der Waals surface area contributed by atoms with Crippen molar-refractivity contribution in [2.45, 2.75) is 19.9 Å². The van der Waals surface area contributed by atoms with Gasteiger partial charge in [-0.25, -0.2) is 0 Å². The van der Waals surface area contributed by atoms with Gasteiger partial charge >= 0.3 is 0 Å². The average Bonchev–Trinajstić information content (AvgIpc) is 2.55. The van der Waals surface area contributed by atoms with Crippen LogP contribution in [0.25, 0.3) is 0 Å². The number of carbonyl (C=O) groups excluding carboxylic acids is 1. The van der Waals surface area contributed by atoms with Crippen molar-refractivity contribution in [3.05, 3.63) is 60.2 Å². The van der Waals surface area contributed by atoms with E-state index in [0.29, 0.717) is 6.61 Å². The Bertz CT molecular complexity index is 582. The van der Waals surface area contributed by atoms with Crippen LogP contribution in [0.1, 0.15) is 25.5 Å². The molecule has 0 aliphatic heterocycles. The van der Waals surface area contributed by atoms with Crippen molar-refractivity contribution in [2.24, 2.45) is 0 Å². The number of hydrogen-bond acceptors (Lipinski definition) is 3. The Kier molecular flexibility index (Phi) is 5.98. The highest BCUT2D eigenvalue weighted by molar-refractivity contribution is 5.92. The van der Waals surface area contributed by atoms with Gasteiger partial charge in [0.1, 0.15) is 5.75 Å². The minimum absolute atomic E-state index is 0.0630. The fourth-order valence-electron chi connectivity index (χ4n) is 2.11. The first-order valence-electron chi connectivity index (χ1n) is 7.50. The molecule has 0 saturated heterocycles. The molecule has 0 radical (unpaired) electrons. The van der Waals surface area contributed by atoms with E-state index in [2.05, 4.69) is 10.6 Å². The maximum absolute atomic E-state index is 12.0. The van der Waals surface area contributed by atoms with Gasteiger partial charge in [-0.3, -0.25) is 4.79 Å². The fourth-order valence-corrected chi connectivity index (χ4v) is 2.11. The average molecular weight is 298 g/mol. The number of hydrogen-bond donors (Lipinski definition) is 2. The molecule has 2 rings (SSSR count). The van der Waals surface area contributed by atoms with E-state index in [1.807, 2.05) is 68.4 Å². The number of anilines is 1. The molecule has 0 aliphatic rings. The van der Waals surface area contributed by atoms with E-state index in [0.717, 1.165) is 17.0 Å². The molecular formula is C18H22N2O2. The van der Waals surface area contributed by atoms with Gasteiger partial charge in [-0.15, -0.1) is 0 Å². The summed E-state index contributed by atoms with van der Waals surface area (Å²) in [5, 5.41) is 6.07. The summed E-state index contributed by atoms with van der Waals surface area (Å²) in [6.07, 6.45) is 0. The Labute approximate surface area is 131 Å². The van der Waals surface area contributed by atoms with Crippen LogP contribution in [0.3, 0.4) is 0 Å². The van der Waals surface area contributed by atoms with Crippen molar-refractivity contribution in [1.82, 2.24) is 5.32 Å². The van der Waals surface area contributed by atoms with Crippen molar-refractivity contribution in [3.8, 4) is 5.75 Å². The second-order valence-corrected chi connectivity index (χ2v) is 5.02. The zero-order valence-electron chi connectivity index (χ0n) is 13.0. The molecule has 0 aromatic heterocycles. The largest absolute Gasteiger partial charge is 0.494 e. The molecule has 4 heteroatoms. The first-order valence-corrected chi connectivity index (χ1v) is 7.50. The van der Waals surface area contributed by atoms with Crippen LogP contribution in [0.4, 0.5) is 5.69 Å². The molecule has 0 spiro atoms. The van der Waals surface area contributed by atoms with E-state index in [-0.39, 0.29) is 18.5 Å². The maximum atomic E-state index is 12.0. The molecule has 0 bridgehead atoms. The molecule has 0 heterocycles. The van der Waals surface area contributed by atoms with Gasteiger partial charge in [0.2, 0.25) is 5.91 Å². The Balaban J connectivity index is 1.80. The molecule has 4 nitrogen and oxygen atoms in total. The maximum Gasteiger partial charge on any atom is 0.238 e. The van der Waals surface area contributed by atoms with Crippen LogP contribution in [0.5, 0.6) is 5.75 Å². The monoisotopic (exact) mass is 298 g/mol. The van der Waals surface area contributed by atoms with Crippen LogP contribution in [0.2, 0.25) is 0 Å². The van der Waals surface area contributed by atoms with E-state index in [1.165, 1.54) is 0 Å². The highest BCUT2D eigenvalue weighted by Crippen LogP contribution is 2.15. The van der Waals surface area contributed by atoms with Crippen molar-refractivity contribution in [2.75, 3.05) is 18.5 Å². The minimum atomic E-state index is -0.0630. The molecule has 0 aliphatic carbocycles. The number of carbonyl (C=O) groups is 1. The van der Waals surface area contributed by atoms with Gasteiger partial charge in [-0.05, 0) is 43.7 Å². The van der Waals surface area contributed by atoms with Gasteiger partial charge in [0.05, 0.1) is 13.2 Å². The van der Waals surface area contributed by atoms with Crippen molar-refractivity contribution < 1.29 is 9.53 Å². The van der Waals surface area contributed by atoms with Crippen molar-refractivity contribution in [1.29, 1.82) is 0 Å². The van der Waals surface area contributed by atoms with Gasteiger partial charge in [0, 0.05) is 11.7 Å². The lowest BCUT2D eigenvalue weighted by Gasteiger charge is -2.14. The third-order valence-electron chi connectivity index (χ3n) is 3.32. The van der Waals surface area contributed by atoms with Gasteiger partial charge in [-0.1, -0.05) is 30.3 Å².